The van der Waals surface area contributed by atoms with Crippen LogP contribution in [-0.4, -0.2) is 47.3 Å². The maximum atomic E-state index is 11.9. The number of nitrogens with zero attached hydrogens (tertiary/aromatic N) is 3. The third kappa shape index (κ3) is 3.08. The molecule has 2 heterocycles. The number of carbonyl (C=O) groups excluding carboxylic acids is 1. The van der Waals surface area contributed by atoms with E-state index in [0.29, 0.717) is 12.5 Å². The minimum atomic E-state index is -0.627. The molecule has 2 rings (SSSR count). The van der Waals surface area contributed by atoms with E-state index in [9.17, 15) is 4.79 Å². The van der Waals surface area contributed by atoms with Crippen molar-refractivity contribution in [2.75, 3.05) is 26.7 Å². The molecule has 1 amide bonds. The SMILES string of the molecule is CN1CCC(CNC(=O)C(N)c2cnn(C)c2)C1. The van der Waals surface area contributed by atoms with Gasteiger partial charge in [-0.15, -0.1) is 0 Å². The van der Waals surface area contributed by atoms with E-state index in [1.54, 1.807) is 17.1 Å². The lowest BCUT2D eigenvalue weighted by Gasteiger charge is -2.14. The number of likely N-dealkylation sites (tertiary alicyclic amines) is 1. The molecular formula is C12H21N5O. The van der Waals surface area contributed by atoms with E-state index in [0.717, 1.165) is 25.1 Å². The number of aromatic nitrogens is 2. The lowest BCUT2D eigenvalue weighted by atomic mass is 10.1. The van der Waals surface area contributed by atoms with Crippen LogP contribution in [0.25, 0.3) is 0 Å². The van der Waals surface area contributed by atoms with Crippen molar-refractivity contribution >= 4 is 5.91 Å². The van der Waals surface area contributed by atoms with Crippen LogP contribution in [0.15, 0.2) is 12.4 Å². The summed E-state index contributed by atoms with van der Waals surface area (Å²) < 4.78 is 1.65. The summed E-state index contributed by atoms with van der Waals surface area (Å²) in [6, 6.07) is -0.627. The Morgan fingerprint density at radius 1 is 1.67 bits per heavy atom. The van der Waals surface area contributed by atoms with E-state index >= 15 is 0 Å². The molecule has 0 radical (unpaired) electrons. The Morgan fingerprint density at radius 2 is 2.44 bits per heavy atom. The zero-order valence-electron chi connectivity index (χ0n) is 11.0. The van der Waals surface area contributed by atoms with Crippen molar-refractivity contribution in [2.45, 2.75) is 12.5 Å². The molecule has 1 aromatic heterocycles. The maximum Gasteiger partial charge on any atom is 0.241 e. The second-order valence-corrected chi connectivity index (χ2v) is 5.09. The molecule has 1 saturated heterocycles. The Hall–Kier alpha value is -1.40. The van der Waals surface area contributed by atoms with Crippen molar-refractivity contribution in [1.29, 1.82) is 0 Å². The molecule has 6 heteroatoms. The third-order valence-electron chi connectivity index (χ3n) is 3.42. The fraction of sp³-hybridized carbons (Fsp3) is 0.667. The fourth-order valence-electron chi connectivity index (χ4n) is 2.30. The lowest BCUT2D eigenvalue weighted by molar-refractivity contribution is -0.122. The number of carbonyl (C=O) groups is 1. The summed E-state index contributed by atoms with van der Waals surface area (Å²) in [4.78, 5) is 14.2. The molecule has 1 aromatic rings. The molecule has 1 fully saturated rings. The molecule has 2 unspecified atom stereocenters. The fourth-order valence-corrected chi connectivity index (χ4v) is 2.30. The molecule has 1 aliphatic rings. The number of nitrogens with one attached hydrogen (secondary N) is 1. The van der Waals surface area contributed by atoms with Crippen LogP contribution in [0.1, 0.15) is 18.0 Å². The quantitative estimate of drug-likeness (QED) is 0.755. The number of rotatable bonds is 4. The van der Waals surface area contributed by atoms with Gasteiger partial charge in [-0.25, -0.2) is 0 Å². The van der Waals surface area contributed by atoms with E-state index < -0.39 is 6.04 Å². The van der Waals surface area contributed by atoms with Crippen LogP contribution in [0.2, 0.25) is 0 Å². The zero-order chi connectivity index (χ0) is 13.1. The van der Waals surface area contributed by atoms with Gasteiger partial charge in [0.25, 0.3) is 0 Å². The van der Waals surface area contributed by atoms with Crippen molar-refractivity contribution in [1.82, 2.24) is 20.0 Å². The monoisotopic (exact) mass is 251 g/mol. The van der Waals surface area contributed by atoms with Crippen LogP contribution in [0.3, 0.4) is 0 Å². The number of hydrogen-bond acceptors (Lipinski definition) is 4. The molecule has 3 N–H and O–H groups in total. The highest BCUT2D eigenvalue weighted by Crippen LogP contribution is 2.14. The van der Waals surface area contributed by atoms with E-state index in [1.807, 2.05) is 7.05 Å². The summed E-state index contributed by atoms with van der Waals surface area (Å²) in [5.74, 6) is 0.414. The zero-order valence-corrected chi connectivity index (χ0v) is 11.0. The van der Waals surface area contributed by atoms with Crippen molar-refractivity contribution in [2.24, 2.45) is 18.7 Å². The van der Waals surface area contributed by atoms with Gasteiger partial charge in [0, 0.05) is 31.9 Å². The molecular weight excluding hydrogens is 230 g/mol. The van der Waals surface area contributed by atoms with Gasteiger partial charge in [-0.3, -0.25) is 9.48 Å². The predicted octanol–water partition coefficient (Wildman–Crippen LogP) is -0.512. The number of nitrogens with two attached hydrogens (primary N) is 1. The Kier molecular flexibility index (Phi) is 3.98. The average molecular weight is 251 g/mol. The summed E-state index contributed by atoms with van der Waals surface area (Å²) >= 11 is 0. The number of hydrogen-bond donors (Lipinski definition) is 2. The highest BCUT2D eigenvalue weighted by molar-refractivity contribution is 5.82. The summed E-state index contributed by atoms with van der Waals surface area (Å²) in [7, 11) is 3.91. The maximum absolute atomic E-state index is 11.9. The van der Waals surface area contributed by atoms with Crippen LogP contribution in [0.4, 0.5) is 0 Å². The topological polar surface area (TPSA) is 76.2 Å². The first-order chi connectivity index (χ1) is 8.56. The van der Waals surface area contributed by atoms with Crippen LogP contribution in [0.5, 0.6) is 0 Å². The Morgan fingerprint density at radius 3 is 3.00 bits per heavy atom. The second-order valence-electron chi connectivity index (χ2n) is 5.09. The van der Waals surface area contributed by atoms with E-state index in [1.165, 1.54) is 0 Å². The summed E-state index contributed by atoms with van der Waals surface area (Å²) in [5.41, 5.74) is 6.64. The second kappa shape index (κ2) is 5.49. The first-order valence-corrected chi connectivity index (χ1v) is 6.26. The molecule has 0 spiro atoms. The van der Waals surface area contributed by atoms with Gasteiger partial charge in [-0.2, -0.15) is 5.10 Å². The lowest BCUT2D eigenvalue weighted by Crippen LogP contribution is -2.37. The minimum Gasteiger partial charge on any atom is -0.354 e. The van der Waals surface area contributed by atoms with Gasteiger partial charge in [-0.05, 0) is 25.9 Å². The number of aryl methyl sites for hydroxylation is 1. The standard InChI is InChI=1S/C12H21N5O/c1-16-4-3-9(7-16)5-14-12(18)11(13)10-6-15-17(2)8-10/h6,8-9,11H,3-5,7,13H2,1-2H3,(H,14,18). The summed E-state index contributed by atoms with van der Waals surface area (Å²) in [5, 5.41) is 6.94. The number of amides is 1. The van der Waals surface area contributed by atoms with Crippen LogP contribution in [-0.2, 0) is 11.8 Å². The highest BCUT2D eigenvalue weighted by atomic mass is 16.2. The minimum absolute atomic E-state index is 0.127. The smallest absolute Gasteiger partial charge is 0.241 e. The molecule has 0 aromatic carbocycles. The normalized spacial score (nSPS) is 22.1. The van der Waals surface area contributed by atoms with E-state index in [-0.39, 0.29) is 5.91 Å². The van der Waals surface area contributed by atoms with Gasteiger partial charge in [-0.1, -0.05) is 0 Å². The molecule has 18 heavy (non-hydrogen) atoms. The van der Waals surface area contributed by atoms with Gasteiger partial charge >= 0.3 is 0 Å². The van der Waals surface area contributed by atoms with Crippen molar-refractivity contribution in [3.63, 3.8) is 0 Å². The van der Waals surface area contributed by atoms with Crippen LogP contribution >= 0.6 is 0 Å². The highest BCUT2D eigenvalue weighted by Gasteiger charge is 2.22. The van der Waals surface area contributed by atoms with E-state index in [2.05, 4.69) is 22.4 Å². The van der Waals surface area contributed by atoms with Crippen molar-refractivity contribution in [3.8, 4) is 0 Å². The predicted molar refractivity (Wildman–Crippen MR) is 68.8 cm³/mol. The first kappa shape index (κ1) is 13.0. The van der Waals surface area contributed by atoms with E-state index in [4.69, 9.17) is 5.73 Å². The van der Waals surface area contributed by atoms with Gasteiger partial charge in [0.1, 0.15) is 6.04 Å². The molecule has 100 valence electrons. The Bertz CT molecular complexity index is 416. The Balaban J connectivity index is 1.81. The molecule has 0 bridgehead atoms. The molecule has 1 aliphatic heterocycles. The largest absolute Gasteiger partial charge is 0.354 e. The van der Waals surface area contributed by atoms with Gasteiger partial charge < -0.3 is 16.0 Å². The first-order valence-electron chi connectivity index (χ1n) is 6.26. The van der Waals surface area contributed by atoms with Crippen molar-refractivity contribution < 1.29 is 4.79 Å². The molecule has 0 aliphatic carbocycles. The summed E-state index contributed by atoms with van der Waals surface area (Å²) in [6.07, 6.45) is 4.54. The van der Waals surface area contributed by atoms with Crippen LogP contribution in [0, 0.1) is 5.92 Å². The van der Waals surface area contributed by atoms with Gasteiger partial charge in [0.05, 0.1) is 6.20 Å². The molecule has 0 saturated carbocycles. The van der Waals surface area contributed by atoms with Crippen LogP contribution < -0.4 is 11.1 Å². The molecule has 6 nitrogen and oxygen atoms in total. The van der Waals surface area contributed by atoms with Gasteiger partial charge in [0.2, 0.25) is 5.91 Å². The van der Waals surface area contributed by atoms with Crippen molar-refractivity contribution in [3.05, 3.63) is 18.0 Å². The third-order valence-corrected chi connectivity index (χ3v) is 3.42. The summed E-state index contributed by atoms with van der Waals surface area (Å²) in [6.45, 7) is 2.86. The van der Waals surface area contributed by atoms with Gasteiger partial charge in [0.15, 0.2) is 0 Å². The Labute approximate surface area is 107 Å². The molecule has 2 atom stereocenters. The average Bonchev–Trinajstić information content (AvgIpc) is 2.94.